The molecule has 132 valence electrons. The molecule has 0 spiro atoms. The van der Waals surface area contributed by atoms with Crippen molar-refractivity contribution >= 4 is 44.8 Å². The second kappa shape index (κ2) is 7.45. The molecule has 0 fully saturated rings. The first-order chi connectivity index (χ1) is 11.7. The lowest BCUT2D eigenvalue weighted by molar-refractivity contribution is -0.119. The maximum absolute atomic E-state index is 11.9. The van der Waals surface area contributed by atoms with E-state index < -0.39 is 28.3 Å². The Morgan fingerprint density at radius 3 is 2.60 bits per heavy atom. The third-order valence-electron chi connectivity index (χ3n) is 2.89. The van der Waals surface area contributed by atoms with Crippen LogP contribution in [0, 0.1) is 0 Å². The fraction of sp³-hybridized carbons (Fsp3) is 0.143. The molecule has 11 heteroatoms. The Morgan fingerprint density at radius 2 is 1.96 bits per heavy atom. The van der Waals surface area contributed by atoms with Gasteiger partial charge in [-0.15, -0.1) is 0 Å². The van der Waals surface area contributed by atoms with E-state index in [-0.39, 0.29) is 27.1 Å². The van der Waals surface area contributed by atoms with E-state index in [1.165, 1.54) is 30.6 Å². The Bertz CT molecular complexity index is 933. The number of carbonyl (C=O) groups is 2. The fourth-order valence-electron chi connectivity index (χ4n) is 1.72. The van der Waals surface area contributed by atoms with Crippen molar-refractivity contribution < 1.29 is 22.7 Å². The van der Waals surface area contributed by atoms with Crippen LogP contribution in [-0.4, -0.2) is 43.1 Å². The molecular formula is C14H13ClN4O5S. The van der Waals surface area contributed by atoms with Crippen LogP contribution in [0.25, 0.3) is 0 Å². The maximum Gasteiger partial charge on any atom is 0.361 e. The van der Waals surface area contributed by atoms with Crippen LogP contribution >= 0.6 is 11.6 Å². The van der Waals surface area contributed by atoms with Crippen molar-refractivity contribution in [3.05, 3.63) is 41.3 Å². The molecule has 0 saturated heterocycles. The van der Waals surface area contributed by atoms with Crippen molar-refractivity contribution in [1.29, 1.82) is 0 Å². The monoisotopic (exact) mass is 384 g/mol. The number of aromatic nitrogens is 2. The van der Waals surface area contributed by atoms with Crippen molar-refractivity contribution in [2.24, 2.45) is 0 Å². The summed E-state index contributed by atoms with van der Waals surface area (Å²) in [6, 6.07) is 3.85. The SMILES string of the molecule is CS(=O)(=O)c1ccc(Cl)c(NC(=O)COC(=O)c2nccnc2N)c1. The van der Waals surface area contributed by atoms with Crippen LogP contribution in [-0.2, 0) is 19.4 Å². The van der Waals surface area contributed by atoms with E-state index in [1.807, 2.05) is 0 Å². The summed E-state index contributed by atoms with van der Waals surface area (Å²) < 4.78 is 27.9. The van der Waals surface area contributed by atoms with Gasteiger partial charge in [0, 0.05) is 18.6 Å². The van der Waals surface area contributed by atoms with Crippen molar-refractivity contribution in [1.82, 2.24) is 9.97 Å². The van der Waals surface area contributed by atoms with Gasteiger partial charge in [-0.3, -0.25) is 4.79 Å². The van der Waals surface area contributed by atoms with Gasteiger partial charge in [0.2, 0.25) is 0 Å². The Hall–Kier alpha value is -2.72. The highest BCUT2D eigenvalue weighted by Gasteiger charge is 2.17. The third-order valence-corrected chi connectivity index (χ3v) is 4.33. The Balaban J connectivity index is 2.04. The number of hydrogen-bond acceptors (Lipinski definition) is 8. The van der Waals surface area contributed by atoms with Crippen LogP contribution in [0.1, 0.15) is 10.5 Å². The molecule has 0 saturated carbocycles. The zero-order valence-electron chi connectivity index (χ0n) is 12.9. The van der Waals surface area contributed by atoms with Gasteiger partial charge in [0.1, 0.15) is 0 Å². The van der Waals surface area contributed by atoms with Gasteiger partial charge in [-0.1, -0.05) is 11.6 Å². The smallest absolute Gasteiger partial charge is 0.361 e. The van der Waals surface area contributed by atoms with E-state index in [1.54, 1.807) is 0 Å². The van der Waals surface area contributed by atoms with E-state index in [0.29, 0.717) is 0 Å². The minimum atomic E-state index is -3.47. The number of anilines is 2. The number of rotatable bonds is 5. The van der Waals surface area contributed by atoms with Gasteiger partial charge < -0.3 is 15.8 Å². The number of nitrogen functional groups attached to an aromatic ring is 1. The molecule has 0 bridgehead atoms. The van der Waals surface area contributed by atoms with Gasteiger partial charge >= 0.3 is 5.97 Å². The largest absolute Gasteiger partial charge is 0.451 e. The maximum atomic E-state index is 11.9. The van der Waals surface area contributed by atoms with E-state index >= 15 is 0 Å². The van der Waals surface area contributed by atoms with E-state index in [0.717, 1.165) is 6.26 Å². The second-order valence-corrected chi connectivity index (χ2v) is 7.25. The molecule has 0 aliphatic heterocycles. The molecule has 1 aromatic heterocycles. The molecule has 25 heavy (non-hydrogen) atoms. The highest BCUT2D eigenvalue weighted by molar-refractivity contribution is 7.90. The van der Waals surface area contributed by atoms with E-state index in [9.17, 15) is 18.0 Å². The minimum Gasteiger partial charge on any atom is -0.451 e. The second-order valence-electron chi connectivity index (χ2n) is 4.83. The summed E-state index contributed by atoms with van der Waals surface area (Å²) in [5.74, 6) is -1.77. The summed E-state index contributed by atoms with van der Waals surface area (Å²) in [5, 5.41) is 2.49. The average molecular weight is 385 g/mol. The molecule has 0 radical (unpaired) electrons. The zero-order valence-corrected chi connectivity index (χ0v) is 14.5. The summed E-state index contributed by atoms with van der Waals surface area (Å²) >= 11 is 5.92. The molecule has 0 aliphatic rings. The summed E-state index contributed by atoms with van der Waals surface area (Å²) in [6.45, 7) is -0.645. The highest BCUT2D eigenvalue weighted by Crippen LogP contribution is 2.25. The summed E-state index contributed by atoms with van der Waals surface area (Å²) in [7, 11) is -3.47. The quantitative estimate of drug-likeness (QED) is 0.724. The predicted molar refractivity (Wildman–Crippen MR) is 89.9 cm³/mol. The normalized spacial score (nSPS) is 11.0. The number of amides is 1. The molecule has 0 unspecified atom stereocenters. The van der Waals surface area contributed by atoms with Crippen LogP contribution in [0.3, 0.4) is 0 Å². The lowest BCUT2D eigenvalue weighted by Crippen LogP contribution is -2.22. The van der Waals surface area contributed by atoms with Gasteiger partial charge in [-0.25, -0.2) is 23.2 Å². The first-order valence-corrected chi connectivity index (χ1v) is 8.98. The van der Waals surface area contributed by atoms with Crippen molar-refractivity contribution in [3.8, 4) is 0 Å². The number of ether oxygens (including phenoxy) is 1. The molecular weight excluding hydrogens is 372 g/mol. The third kappa shape index (κ3) is 4.88. The molecule has 0 aliphatic carbocycles. The summed E-state index contributed by atoms with van der Waals surface area (Å²) in [6.07, 6.45) is 3.58. The van der Waals surface area contributed by atoms with E-state index in [2.05, 4.69) is 15.3 Å². The number of nitrogens with two attached hydrogens (primary N) is 1. The predicted octanol–water partition coefficient (Wildman–Crippen LogP) is 0.911. The van der Waals surface area contributed by atoms with Gasteiger partial charge in [0.25, 0.3) is 5.91 Å². The first-order valence-electron chi connectivity index (χ1n) is 6.71. The summed E-state index contributed by atoms with van der Waals surface area (Å²) in [4.78, 5) is 31.0. The van der Waals surface area contributed by atoms with Crippen LogP contribution in [0.15, 0.2) is 35.5 Å². The number of esters is 1. The number of halogens is 1. The fourth-order valence-corrected chi connectivity index (χ4v) is 2.53. The topological polar surface area (TPSA) is 141 Å². The van der Waals surface area contributed by atoms with Crippen molar-refractivity contribution in [2.75, 3.05) is 23.9 Å². The Kier molecular flexibility index (Phi) is 5.55. The van der Waals surface area contributed by atoms with Gasteiger partial charge in [0.15, 0.2) is 28.0 Å². The molecule has 2 aromatic rings. The molecule has 9 nitrogen and oxygen atoms in total. The zero-order chi connectivity index (χ0) is 18.6. The molecule has 1 amide bonds. The first kappa shape index (κ1) is 18.6. The molecule has 0 atom stereocenters. The van der Waals surface area contributed by atoms with Gasteiger partial charge in [-0.05, 0) is 18.2 Å². The highest BCUT2D eigenvalue weighted by atomic mass is 35.5. The number of nitrogens with zero attached hydrogens (tertiary/aromatic N) is 2. The van der Waals surface area contributed by atoms with Crippen LogP contribution in [0.4, 0.5) is 11.5 Å². The number of nitrogens with one attached hydrogen (secondary N) is 1. The molecule has 1 heterocycles. The Morgan fingerprint density at radius 1 is 1.28 bits per heavy atom. The van der Waals surface area contributed by atoms with Gasteiger partial charge in [0.05, 0.1) is 15.6 Å². The summed E-state index contributed by atoms with van der Waals surface area (Å²) in [5.41, 5.74) is 5.34. The lowest BCUT2D eigenvalue weighted by atomic mass is 10.3. The number of carbonyl (C=O) groups excluding carboxylic acids is 2. The Labute approximate surface area is 148 Å². The van der Waals surface area contributed by atoms with Crippen LogP contribution in [0.5, 0.6) is 0 Å². The van der Waals surface area contributed by atoms with Crippen molar-refractivity contribution in [2.45, 2.75) is 4.90 Å². The van der Waals surface area contributed by atoms with Crippen LogP contribution in [0.2, 0.25) is 5.02 Å². The number of benzene rings is 1. The molecule has 3 N–H and O–H groups in total. The number of sulfone groups is 1. The average Bonchev–Trinajstić information content (AvgIpc) is 2.54. The lowest BCUT2D eigenvalue weighted by Gasteiger charge is -2.09. The van der Waals surface area contributed by atoms with Gasteiger partial charge in [-0.2, -0.15) is 0 Å². The number of hydrogen-bond donors (Lipinski definition) is 2. The standard InChI is InChI=1S/C14H13ClN4O5S/c1-25(22,23)8-2-3-9(15)10(6-8)19-11(20)7-24-14(21)12-13(16)18-5-4-17-12/h2-6H,7H2,1H3,(H2,16,18)(H,19,20). The molecule has 2 rings (SSSR count). The van der Waals surface area contributed by atoms with Crippen molar-refractivity contribution in [3.63, 3.8) is 0 Å². The van der Waals surface area contributed by atoms with E-state index in [4.69, 9.17) is 22.1 Å². The molecule has 1 aromatic carbocycles. The minimum absolute atomic E-state index is 0.0171. The van der Waals surface area contributed by atoms with Crippen LogP contribution < -0.4 is 11.1 Å².